The number of hydrogen-bond acceptors (Lipinski definition) is 1. The van der Waals surface area contributed by atoms with Crippen molar-refractivity contribution in [3.8, 4) is 11.1 Å². The predicted molar refractivity (Wildman–Crippen MR) is 76.7 cm³/mol. The van der Waals surface area contributed by atoms with Crippen molar-refractivity contribution in [2.45, 2.75) is 25.4 Å². The molecule has 98 valence electrons. The van der Waals surface area contributed by atoms with Gasteiger partial charge in [0.25, 0.3) is 0 Å². The van der Waals surface area contributed by atoms with E-state index >= 15 is 0 Å². The van der Waals surface area contributed by atoms with Crippen LogP contribution in [0.1, 0.15) is 18.4 Å². The molecule has 2 aromatic carbocycles. The molecule has 0 saturated heterocycles. The van der Waals surface area contributed by atoms with E-state index in [1.807, 2.05) is 12.1 Å². The number of hydrogen-bond donors (Lipinski definition) is 1. The third-order valence-corrected chi connectivity index (χ3v) is 3.67. The summed E-state index contributed by atoms with van der Waals surface area (Å²) in [5, 5.41) is 3.64. The van der Waals surface area contributed by atoms with Gasteiger partial charge in [-0.3, -0.25) is 0 Å². The Morgan fingerprint density at radius 1 is 1.05 bits per heavy atom. The molecule has 3 rings (SSSR count). The fourth-order valence-corrected chi connectivity index (χ4v) is 2.22. The van der Waals surface area contributed by atoms with Gasteiger partial charge in [-0.1, -0.05) is 41.9 Å². The van der Waals surface area contributed by atoms with Crippen LogP contribution < -0.4 is 5.32 Å². The summed E-state index contributed by atoms with van der Waals surface area (Å²) in [6.07, 6.45) is 2.60. The van der Waals surface area contributed by atoms with E-state index in [4.69, 9.17) is 11.6 Å². The van der Waals surface area contributed by atoms with E-state index in [-0.39, 0.29) is 10.8 Å². The van der Waals surface area contributed by atoms with Crippen LogP contribution in [0.3, 0.4) is 0 Å². The highest BCUT2D eigenvalue weighted by atomic mass is 35.5. The number of benzene rings is 2. The number of rotatable bonds is 4. The first-order valence-electron chi connectivity index (χ1n) is 6.50. The van der Waals surface area contributed by atoms with Crippen molar-refractivity contribution in [2.75, 3.05) is 0 Å². The quantitative estimate of drug-likeness (QED) is 0.872. The largest absolute Gasteiger partial charge is 0.310 e. The Labute approximate surface area is 117 Å². The van der Waals surface area contributed by atoms with E-state index in [2.05, 4.69) is 17.4 Å². The molecule has 1 aliphatic rings. The molecule has 1 nitrogen and oxygen atoms in total. The van der Waals surface area contributed by atoms with Crippen LogP contribution >= 0.6 is 11.6 Å². The van der Waals surface area contributed by atoms with Gasteiger partial charge in [-0.25, -0.2) is 4.39 Å². The fourth-order valence-electron chi connectivity index (χ4n) is 2.04. The lowest BCUT2D eigenvalue weighted by Crippen LogP contribution is -2.14. The predicted octanol–water partition coefficient (Wildman–Crippen LogP) is 4.40. The second-order valence-electron chi connectivity index (χ2n) is 4.98. The Hall–Kier alpha value is -1.38. The minimum atomic E-state index is -0.379. The monoisotopic (exact) mass is 275 g/mol. The smallest absolute Gasteiger partial charge is 0.141 e. The third kappa shape index (κ3) is 3.14. The van der Waals surface area contributed by atoms with Crippen LogP contribution in [0, 0.1) is 5.82 Å². The summed E-state index contributed by atoms with van der Waals surface area (Å²) < 4.78 is 13.1. The molecule has 1 fully saturated rings. The molecule has 2 aromatic rings. The van der Waals surface area contributed by atoms with E-state index in [0.29, 0.717) is 0 Å². The van der Waals surface area contributed by atoms with Crippen molar-refractivity contribution in [2.24, 2.45) is 0 Å². The van der Waals surface area contributed by atoms with Crippen molar-refractivity contribution < 1.29 is 4.39 Å². The third-order valence-electron chi connectivity index (χ3n) is 3.38. The van der Waals surface area contributed by atoms with Gasteiger partial charge >= 0.3 is 0 Å². The SMILES string of the molecule is Fc1ccc(-c2ccc(CNC3CC3)cc2)cc1Cl. The number of nitrogens with one attached hydrogen (secondary N) is 1. The summed E-state index contributed by atoms with van der Waals surface area (Å²) in [7, 11) is 0. The van der Waals surface area contributed by atoms with Crippen molar-refractivity contribution in [3.05, 3.63) is 58.9 Å². The van der Waals surface area contributed by atoms with E-state index in [9.17, 15) is 4.39 Å². The second-order valence-corrected chi connectivity index (χ2v) is 5.39. The standard InChI is InChI=1S/C16H15ClFN/c17-15-9-13(5-8-16(15)18)12-3-1-11(2-4-12)10-19-14-6-7-14/h1-5,8-9,14,19H,6-7,10H2. The summed E-state index contributed by atoms with van der Waals surface area (Å²) >= 11 is 5.80. The van der Waals surface area contributed by atoms with Crippen molar-refractivity contribution in [1.29, 1.82) is 0 Å². The minimum Gasteiger partial charge on any atom is -0.310 e. The highest BCUT2D eigenvalue weighted by Gasteiger charge is 2.19. The maximum Gasteiger partial charge on any atom is 0.141 e. The van der Waals surface area contributed by atoms with E-state index in [0.717, 1.165) is 23.7 Å². The average Bonchev–Trinajstić information content (AvgIpc) is 3.24. The molecule has 0 bridgehead atoms. The lowest BCUT2D eigenvalue weighted by molar-refractivity contribution is 0.628. The summed E-state index contributed by atoms with van der Waals surface area (Å²) in [6, 6.07) is 13.8. The van der Waals surface area contributed by atoms with Crippen molar-refractivity contribution in [3.63, 3.8) is 0 Å². The molecule has 0 heterocycles. The van der Waals surface area contributed by atoms with Crippen LogP contribution in [-0.2, 0) is 6.54 Å². The molecule has 0 amide bonds. The molecule has 0 aromatic heterocycles. The minimum absolute atomic E-state index is 0.164. The van der Waals surface area contributed by atoms with Gasteiger partial charge in [-0.15, -0.1) is 0 Å². The molecular formula is C16H15ClFN. The molecule has 1 saturated carbocycles. The lowest BCUT2D eigenvalue weighted by atomic mass is 10.0. The Morgan fingerprint density at radius 3 is 2.37 bits per heavy atom. The average molecular weight is 276 g/mol. The van der Waals surface area contributed by atoms with Crippen LogP contribution in [0.25, 0.3) is 11.1 Å². The summed E-state index contributed by atoms with van der Waals surface area (Å²) in [4.78, 5) is 0. The van der Waals surface area contributed by atoms with Gasteiger partial charge in [0.15, 0.2) is 0 Å². The first-order chi connectivity index (χ1) is 9.22. The molecule has 0 unspecified atom stereocenters. The van der Waals surface area contributed by atoms with Crippen LogP contribution in [0.2, 0.25) is 5.02 Å². The topological polar surface area (TPSA) is 12.0 Å². The lowest BCUT2D eigenvalue weighted by Gasteiger charge is -2.06. The van der Waals surface area contributed by atoms with Crippen LogP contribution in [0.4, 0.5) is 4.39 Å². The maximum atomic E-state index is 13.1. The summed E-state index contributed by atoms with van der Waals surface area (Å²) in [6.45, 7) is 0.912. The van der Waals surface area contributed by atoms with Crippen LogP contribution in [0.5, 0.6) is 0 Å². The van der Waals surface area contributed by atoms with Gasteiger partial charge in [-0.2, -0.15) is 0 Å². The Morgan fingerprint density at radius 2 is 1.74 bits per heavy atom. The van der Waals surface area contributed by atoms with E-state index < -0.39 is 0 Å². The van der Waals surface area contributed by atoms with Gasteiger partial charge in [0.2, 0.25) is 0 Å². The summed E-state index contributed by atoms with van der Waals surface area (Å²) in [5.41, 5.74) is 3.26. The molecule has 0 radical (unpaired) electrons. The molecule has 19 heavy (non-hydrogen) atoms. The zero-order valence-electron chi connectivity index (χ0n) is 10.5. The van der Waals surface area contributed by atoms with Crippen LogP contribution in [0.15, 0.2) is 42.5 Å². The zero-order valence-corrected chi connectivity index (χ0v) is 11.3. The Kier molecular flexibility index (Phi) is 3.54. The number of halogens is 2. The van der Waals surface area contributed by atoms with Gasteiger partial charge in [0, 0.05) is 12.6 Å². The fraction of sp³-hybridized carbons (Fsp3) is 0.250. The Balaban J connectivity index is 1.74. The van der Waals surface area contributed by atoms with E-state index in [1.54, 1.807) is 12.1 Å². The summed E-state index contributed by atoms with van der Waals surface area (Å²) in [5.74, 6) is -0.379. The van der Waals surface area contributed by atoms with Gasteiger partial charge in [0.05, 0.1) is 5.02 Å². The first kappa shape index (κ1) is 12.6. The maximum absolute atomic E-state index is 13.1. The van der Waals surface area contributed by atoms with Crippen molar-refractivity contribution in [1.82, 2.24) is 5.32 Å². The molecule has 1 aliphatic carbocycles. The zero-order chi connectivity index (χ0) is 13.2. The van der Waals surface area contributed by atoms with Gasteiger partial charge in [-0.05, 0) is 41.7 Å². The van der Waals surface area contributed by atoms with Crippen molar-refractivity contribution >= 4 is 11.6 Å². The highest BCUT2D eigenvalue weighted by molar-refractivity contribution is 6.31. The molecule has 0 spiro atoms. The first-order valence-corrected chi connectivity index (χ1v) is 6.88. The molecule has 0 atom stereocenters. The van der Waals surface area contributed by atoms with Gasteiger partial charge in [0.1, 0.15) is 5.82 Å². The molecule has 1 N–H and O–H groups in total. The van der Waals surface area contributed by atoms with Gasteiger partial charge < -0.3 is 5.32 Å². The second kappa shape index (κ2) is 5.32. The Bertz CT molecular complexity index is 576. The van der Waals surface area contributed by atoms with Crippen LogP contribution in [-0.4, -0.2) is 6.04 Å². The molecule has 0 aliphatic heterocycles. The molecular weight excluding hydrogens is 261 g/mol. The highest BCUT2D eigenvalue weighted by Crippen LogP contribution is 2.25. The normalized spacial score (nSPS) is 14.6. The molecule has 3 heteroatoms. The van der Waals surface area contributed by atoms with E-state index in [1.165, 1.54) is 24.5 Å².